The van der Waals surface area contributed by atoms with Crippen LogP contribution in [0.25, 0.3) is 0 Å². The van der Waals surface area contributed by atoms with Crippen LogP contribution in [0.5, 0.6) is 0 Å². The van der Waals surface area contributed by atoms with Gasteiger partial charge in [0.05, 0.1) is 19.8 Å². The first-order chi connectivity index (χ1) is 13.8. The van der Waals surface area contributed by atoms with E-state index in [1.165, 1.54) is 26.5 Å². The highest BCUT2D eigenvalue weighted by molar-refractivity contribution is 5.77. The normalized spacial score (nSPS) is 24.5. The minimum Gasteiger partial charge on any atom is -0.394 e. The van der Waals surface area contributed by atoms with Crippen molar-refractivity contribution < 1.29 is 39.2 Å². The quantitative estimate of drug-likeness (QED) is 0.325. The Morgan fingerprint density at radius 3 is 2.45 bits per heavy atom. The number of methoxy groups -OCH3 is 2. The predicted molar refractivity (Wildman–Crippen MR) is 97.7 cm³/mol. The van der Waals surface area contributed by atoms with E-state index in [2.05, 4.69) is 10.5 Å². The Morgan fingerprint density at radius 1 is 1.31 bits per heavy atom. The Morgan fingerprint density at radius 2 is 1.97 bits per heavy atom. The van der Waals surface area contributed by atoms with Crippen LogP contribution in [0.2, 0.25) is 0 Å². The number of rotatable bonds is 10. The summed E-state index contributed by atoms with van der Waals surface area (Å²) in [7, 11) is 2.92. The third kappa shape index (κ3) is 4.91. The lowest BCUT2D eigenvalue weighted by molar-refractivity contribution is -0.160. The molecule has 0 aromatic carbocycles. The Balaban J connectivity index is 2.09. The molecule has 12 heteroatoms. The number of ether oxygens (including phenoxy) is 3. The van der Waals surface area contributed by atoms with Gasteiger partial charge in [0.2, 0.25) is 0 Å². The van der Waals surface area contributed by atoms with Gasteiger partial charge in [0.1, 0.15) is 23.7 Å². The molecule has 4 atom stereocenters. The number of nitrogens with zero attached hydrogens (tertiary/aromatic N) is 2. The molecule has 1 aliphatic rings. The summed E-state index contributed by atoms with van der Waals surface area (Å²) in [5.74, 6) is -0.690. The molecule has 0 bridgehead atoms. The highest BCUT2D eigenvalue weighted by Crippen LogP contribution is 2.28. The summed E-state index contributed by atoms with van der Waals surface area (Å²) >= 11 is 0. The van der Waals surface area contributed by atoms with Gasteiger partial charge in [-0.05, 0) is 6.42 Å². The summed E-state index contributed by atoms with van der Waals surface area (Å²) in [5, 5.41) is 29.0. The van der Waals surface area contributed by atoms with E-state index in [4.69, 9.17) is 24.2 Å². The number of anilines is 1. The van der Waals surface area contributed by atoms with Crippen LogP contribution in [0, 0.1) is 5.41 Å². The van der Waals surface area contributed by atoms with Crippen molar-refractivity contribution in [1.29, 1.82) is 0 Å². The van der Waals surface area contributed by atoms with Crippen LogP contribution in [0.15, 0.2) is 17.1 Å². The van der Waals surface area contributed by atoms with Gasteiger partial charge in [-0.25, -0.2) is 15.1 Å². The van der Waals surface area contributed by atoms with Crippen LogP contribution < -0.4 is 11.2 Å². The highest BCUT2D eigenvalue weighted by atomic mass is 16.7. The van der Waals surface area contributed by atoms with Crippen molar-refractivity contribution in [2.45, 2.75) is 37.9 Å². The molecule has 1 aromatic heterocycles. The molecular formula is C17H27N3O9. The lowest BCUT2D eigenvalue weighted by Crippen LogP contribution is -2.42. The first-order valence-corrected chi connectivity index (χ1v) is 9.00. The number of hydrogen-bond donors (Lipinski definition) is 4. The minimum atomic E-state index is -1.42. The number of carbonyl (C=O) groups is 1. The lowest BCUT2D eigenvalue weighted by atomic mass is 9.87. The third-order valence-electron chi connectivity index (χ3n) is 4.82. The van der Waals surface area contributed by atoms with E-state index >= 15 is 0 Å². The van der Waals surface area contributed by atoms with E-state index in [0.717, 1.165) is 4.57 Å². The first-order valence-electron chi connectivity index (χ1n) is 9.00. The molecule has 1 saturated heterocycles. The zero-order chi connectivity index (χ0) is 21.6. The van der Waals surface area contributed by atoms with Gasteiger partial charge in [0.25, 0.3) is 0 Å². The Kier molecular flexibility index (Phi) is 8.07. The van der Waals surface area contributed by atoms with Crippen molar-refractivity contribution in [3.8, 4) is 0 Å². The molecule has 0 unspecified atom stereocenters. The second kappa shape index (κ2) is 10.1. The fourth-order valence-electron chi connectivity index (χ4n) is 3.04. The minimum absolute atomic E-state index is 0.0498. The fourth-order valence-corrected chi connectivity index (χ4v) is 3.04. The molecule has 1 fully saturated rings. The molecule has 2 rings (SSSR count). The Hall–Kier alpha value is -2.09. The standard InChI is InChI=1S/C17H27N3O9/c1-4-17(8-26-2,9-27-3)15(24)29-19-11-5-6-20(16(25)18-11)14-13(23)12(22)10(7-21)28-14/h5-6,10,12-14,21-23H,4,7-9H2,1-3H3,(H,18,19,25)/t10-,12-,13-,14-/m1/s1. The topological polar surface area (TPSA) is 162 Å². The first kappa shape index (κ1) is 23.2. The number of hydrogen-bond acceptors (Lipinski definition) is 11. The van der Waals surface area contributed by atoms with Crippen molar-refractivity contribution >= 4 is 11.8 Å². The second-order valence-electron chi connectivity index (χ2n) is 6.72. The van der Waals surface area contributed by atoms with Crippen LogP contribution in [-0.2, 0) is 23.8 Å². The molecule has 29 heavy (non-hydrogen) atoms. The van der Waals surface area contributed by atoms with Crippen LogP contribution in [0.1, 0.15) is 19.6 Å². The number of aliphatic hydroxyl groups is 3. The highest BCUT2D eigenvalue weighted by Gasteiger charge is 2.44. The van der Waals surface area contributed by atoms with E-state index < -0.39 is 48.2 Å². The maximum absolute atomic E-state index is 12.5. The monoisotopic (exact) mass is 417 g/mol. The molecule has 0 spiro atoms. The van der Waals surface area contributed by atoms with E-state index in [0.29, 0.717) is 6.42 Å². The molecule has 1 aliphatic heterocycles. The van der Waals surface area contributed by atoms with Crippen LogP contribution in [0.3, 0.4) is 0 Å². The van der Waals surface area contributed by atoms with E-state index in [1.54, 1.807) is 6.92 Å². The molecule has 1 aromatic rings. The van der Waals surface area contributed by atoms with Gasteiger partial charge < -0.3 is 34.4 Å². The maximum Gasteiger partial charge on any atom is 0.351 e. The zero-order valence-electron chi connectivity index (χ0n) is 16.5. The van der Waals surface area contributed by atoms with Crippen LogP contribution in [-0.4, -0.2) is 83.2 Å². The molecule has 164 valence electrons. The van der Waals surface area contributed by atoms with Crippen molar-refractivity contribution in [3.63, 3.8) is 0 Å². The van der Waals surface area contributed by atoms with Gasteiger partial charge in [0, 0.05) is 26.5 Å². The molecule has 0 aliphatic carbocycles. The molecule has 0 saturated carbocycles. The smallest absolute Gasteiger partial charge is 0.351 e. The zero-order valence-corrected chi connectivity index (χ0v) is 16.5. The number of aliphatic hydroxyl groups excluding tert-OH is 3. The SMILES string of the molecule is CCC(COC)(COC)C(=O)ONc1ccn([C@@H]2O[C@H](CO)[C@@H](O)[C@H]2O)c(=O)n1. The second-order valence-corrected chi connectivity index (χ2v) is 6.72. The van der Waals surface area contributed by atoms with Crippen molar-refractivity contribution in [1.82, 2.24) is 9.55 Å². The molecule has 4 N–H and O–H groups in total. The molecule has 0 amide bonds. The number of carbonyl (C=O) groups excluding carboxylic acids is 1. The van der Waals surface area contributed by atoms with Crippen molar-refractivity contribution in [2.24, 2.45) is 5.41 Å². The molecular weight excluding hydrogens is 390 g/mol. The number of aromatic nitrogens is 2. The Labute approximate surface area is 166 Å². The lowest BCUT2D eigenvalue weighted by Gasteiger charge is -2.28. The van der Waals surface area contributed by atoms with E-state index in [-0.39, 0.29) is 19.0 Å². The van der Waals surface area contributed by atoms with Crippen molar-refractivity contribution in [3.05, 3.63) is 22.7 Å². The van der Waals surface area contributed by atoms with Gasteiger partial charge in [-0.1, -0.05) is 6.92 Å². The summed E-state index contributed by atoms with van der Waals surface area (Å²) in [6, 6.07) is 1.32. The van der Waals surface area contributed by atoms with Crippen LogP contribution >= 0.6 is 0 Å². The summed E-state index contributed by atoms with van der Waals surface area (Å²) in [4.78, 5) is 33.6. The third-order valence-corrected chi connectivity index (χ3v) is 4.82. The summed E-state index contributed by atoms with van der Waals surface area (Å²) in [6.45, 7) is 1.44. The summed E-state index contributed by atoms with van der Waals surface area (Å²) < 4.78 is 16.5. The van der Waals surface area contributed by atoms with Gasteiger partial charge in [0.15, 0.2) is 12.0 Å². The predicted octanol–water partition coefficient (Wildman–Crippen LogP) is -1.59. The summed E-state index contributed by atoms with van der Waals surface area (Å²) in [5.41, 5.74) is 0.474. The van der Waals surface area contributed by atoms with Gasteiger partial charge in [-0.2, -0.15) is 4.98 Å². The fraction of sp³-hybridized carbons (Fsp3) is 0.706. The maximum atomic E-state index is 12.5. The average Bonchev–Trinajstić information content (AvgIpc) is 3.00. The van der Waals surface area contributed by atoms with Crippen molar-refractivity contribution in [2.75, 3.05) is 39.5 Å². The average molecular weight is 417 g/mol. The molecule has 0 radical (unpaired) electrons. The molecule has 2 heterocycles. The molecule has 12 nitrogen and oxygen atoms in total. The van der Waals surface area contributed by atoms with E-state index in [1.807, 2.05) is 0 Å². The van der Waals surface area contributed by atoms with Gasteiger partial charge in [-0.3, -0.25) is 4.57 Å². The van der Waals surface area contributed by atoms with E-state index in [9.17, 15) is 19.8 Å². The summed E-state index contributed by atoms with van der Waals surface area (Å²) in [6.07, 6.45) is -3.35. The van der Waals surface area contributed by atoms with Gasteiger partial charge >= 0.3 is 11.7 Å². The van der Waals surface area contributed by atoms with Gasteiger partial charge in [-0.15, -0.1) is 0 Å². The Bertz CT molecular complexity index is 735. The largest absolute Gasteiger partial charge is 0.394 e. The van der Waals surface area contributed by atoms with Crippen LogP contribution in [0.4, 0.5) is 5.82 Å². The number of nitrogens with one attached hydrogen (secondary N) is 1.